The fraction of sp³-hybridized carbons (Fsp3) is 0.533. The Morgan fingerprint density at radius 1 is 0.710 bits per heavy atom. The van der Waals surface area contributed by atoms with Crippen LogP contribution in [0.3, 0.4) is 0 Å². The summed E-state index contributed by atoms with van der Waals surface area (Å²) in [5.41, 5.74) is 7.54. The SMILES string of the molecule is COC(=O)C1COCCN1S(=O)(=O)NC(=O)c1coc(Nc2c3c(c(Cl)c4c2C(C2CCc5c(Nc6nc(C(=O)NS(=O)(=O)N7CCN(C8CC8)CC7)co6)c6c(c(F)c52)CCC6)CC4)CCC3)n1. The number of benzene rings is 2. The van der Waals surface area contributed by atoms with Gasteiger partial charge in [0, 0.05) is 55.2 Å². The average molecular weight is 1010 g/mol. The number of nitrogens with one attached hydrogen (secondary N) is 4. The number of aromatic nitrogens is 2. The molecule has 2 aromatic carbocycles. The van der Waals surface area contributed by atoms with E-state index in [1.807, 2.05) is 4.72 Å². The van der Waals surface area contributed by atoms with Crippen molar-refractivity contribution in [3.05, 3.63) is 79.3 Å². The number of anilines is 4. The lowest BCUT2D eigenvalue weighted by atomic mass is 9.80. The molecule has 3 unspecified atom stereocenters. The molecule has 69 heavy (non-hydrogen) atoms. The summed E-state index contributed by atoms with van der Waals surface area (Å²) in [5, 5.41) is 7.31. The van der Waals surface area contributed by atoms with Gasteiger partial charge in [0.2, 0.25) is 0 Å². The van der Waals surface area contributed by atoms with E-state index >= 15 is 4.39 Å². The van der Waals surface area contributed by atoms with Crippen molar-refractivity contribution in [1.29, 1.82) is 0 Å². The lowest BCUT2D eigenvalue weighted by Gasteiger charge is -2.33. The van der Waals surface area contributed by atoms with Gasteiger partial charge in [-0.05, 0) is 133 Å². The minimum atomic E-state index is -4.54. The largest absolute Gasteiger partial charge is 0.468 e. The molecule has 0 spiro atoms. The number of carbonyl (C=O) groups is 3. The van der Waals surface area contributed by atoms with Crippen molar-refractivity contribution in [2.24, 2.45) is 0 Å². The summed E-state index contributed by atoms with van der Waals surface area (Å²) < 4.78 is 97.9. The Morgan fingerprint density at radius 3 is 1.94 bits per heavy atom. The minimum Gasteiger partial charge on any atom is -0.468 e. The van der Waals surface area contributed by atoms with Gasteiger partial charge < -0.3 is 28.9 Å². The van der Waals surface area contributed by atoms with Crippen LogP contribution >= 0.6 is 11.6 Å². The molecule has 7 aliphatic rings. The third-order valence-electron chi connectivity index (χ3n) is 14.8. The molecule has 0 bridgehead atoms. The highest BCUT2D eigenvalue weighted by Gasteiger charge is 2.45. The maximum absolute atomic E-state index is 17.1. The molecule has 5 aliphatic carbocycles. The summed E-state index contributed by atoms with van der Waals surface area (Å²) in [6.45, 7) is 1.36. The van der Waals surface area contributed by atoms with E-state index in [0.29, 0.717) is 85.9 Å². The molecule has 1 saturated carbocycles. The highest BCUT2D eigenvalue weighted by atomic mass is 35.5. The summed E-state index contributed by atoms with van der Waals surface area (Å²) in [6.07, 6.45) is 11.1. The average Bonchev–Trinajstić information content (AvgIpc) is 4.06. The van der Waals surface area contributed by atoms with E-state index in [-0.39, 0.29) is 73.9 Å². The van der Waals surface area contributed by atoms with E-state index in [0.717, 1.165) is 95.1 Å². The van der Waals surface area contributed by atoms with Crippen molar-refractivity contribution in [3.63, 3.8) is 0 Å². The topological polar surface area (TPSA) is 248 Å². The number of methoxy groups -OCH3 is 1. The van der Waals surface area contributed by atoms with Gasteiger partial charge in [-0.15, -0.1) is 0 Å². The van der Waals surface area contributed by atoms with Gasteiger partial charge in [0.1, 0.15) is 24.4 Å². The summed E-state index contributed by atoms with van der Waals surface area (Å²) in [7, 11) is -7.53. The first-order chi connectivity index (χ1) is 33.2. The number of hydrogen-bond donors (Lipinski definition) is 4. The third kappa shape index (κ3) is 8.35. The fourth-order valence-electron chi connectivity index (χ4n) is 11.5. The normalized spacial score (nSPS) is 22.7. The molecule has 3 atom stereocenters. The van der Waals surface area contributed by atoms with Gasteiger partial charge >= 0.3 is 26.4 Å². The van der Waals surface area contributed by atoms with Crippen LogP contribution in [-0.4, -0.2) is 123 Å². The second-order valence-electron chi connectivity index (χ2n) is 18.7. The molecule has 20 nitrogen and oxygen atoms in total. The summed E-state index contributed by atoms with van der Waals surface area (Å²) in [5.74, 6) is -3.52. The monoisotopic (exact) mass is 1010 g/mol. The van der Waals surface area contributed by atoms with Gasteiger partial charge in [0.25, 0.3) is 23.8 Å². The van der Waals surface area contributed by atoms with E-state index < -0.39 is 44.2 Å². The van der Waals surface area contributed by atoms with Gasteiger partial charge in [-0.3, -0.25) is 19.3 Å². The molecule has 0 radical (unpaired) electrons. The van der Waals surface area contributed by atoms with E-state index in [9.17, 15) is 31.2 Å². The Labute approximate surface area is 402 Å². The van der Waals surface area contributed by atoms with Gasteiger partial charge in [-0.25, -0.2) is 13.8 Å². The predicted octanol–water partition coefficient (Wildman–Crippen LogP) is 4.28. The maximum atomic E-state index is 17.1. The molecule has 3 fully saturated rings. The molecule has 368 valence electrons. The van der Waals surface area contributed by atoms with E-state index in [4.69, 9.17) is 29.9 Å². The van der Waals surface area contributed by atoms with Gasteiger partial charge in [-0.2, -0.15) is 35.4 Å². The molecule has 2 aliphatic heterocycles. The first kappa shape index (κ1) is 46.2. The summed E-state index contributed by atoms with van der Waals surface area (Å²) >= 11 is 7.21. The maximum Gasteiger partial charge on any atom is 0.326 e. The predicted molar refractivity (Wildman–Crippen MR) is 246 cm³/mol. The van der Waals surface area contributed by atoms with Crippen molar-refractivity contribution in [2.75, 3.05) is 63.7 Å². The van der Waals surface area contributed by atoms with Crippen LogP contribution in [-0.2, 0) is 73.2 Å². The zero-order valence-corrected chi connectivity index (χ0v) is 40.1. The van der Waals surface area contributed by atoms with Crippen LogP contribution in [0, 0.1) is 5.82 Å². The van der Waals surface area contributed by atoms with E-state index in [1.165, 1.54) is 4.31 Å². The van der Waals surface area contributed by atoms with Crippen LogP contribution in [0.1, 0.15) is 116 Å². The molecule has 24 heteroatoms. The van der Waals surface area contributed by atoms with E-state index in [2.05, 4.69) is 30.2 Å². The van der Waals surface area contributed by atoms with Crippen molar-refractivity contribution in [1.82, 2.24) is 32.9 Å². The number of carbonyl (C=O) groups excluding carboxylic acids is 3. The molecule has 4 heterocycles. The minimum absolute atomic E-state index is 0.0111. The van der Waals surface area contributed by atoms with Crippen molar-refractivity contribution >= 4 is 73.2 Å². The lowest BCUT2D eigenvalue weighted by molar-refractivity contribution is -0.149. The molecule has 2 saturated heterocycles. The number of esters is 1. The van der Waals surface area contributed by atoms with Crippen molar-refractivity contribution in [2.45, 2.75) is 101 Å². The number of piperazine rings is 1. The number of rotatable bonds is 13. The molecule has 2 aromatic heterocycles. The van der Waals surface area contributed by atoms with Crippen molar-refractivity contribution < 1.29 is 53.9 Å². The van der Waals surface area contributed by atoms with E-state index in [1.54, 1.807) is 0 Å². The van der Waals surface area contributed by atoms with Gasteiger partial charge in [0.05, 0.1) is 20.3 Å². The molecular formula is C45H51ClFN9O11S2. The van der Waals surface area contributed by atoms with Crippen LogP contribution in [0.25, 0.3) is 0 Å². The second kappa shape index (κ2) is 17.9. The zero-order valence-electron chi connectivity index (χ0n) is 37.7. The van der Waals surface area contributed by atoms with Crippen LogP contribution in [0.15, 0.2) is 21.4 Å². The molecule has 2 amide bonds. The first-order valence-corrected chi connectivity index (χ1v) is 26.7. The molecule has 11 rings (SSSR count). The van der Waals surface area contributed by atoms with Crippen LogP contribution in [0.2, 0.25) is 5.02 Å². The first-order valence-electron chi connectivity index (χ1n) is 23.4. The summed E-state index contributed by atoms with van der Waals surface area (Å²) in [4.78, 5) is 49.9. The zero-order chi connectivity index (χ0) is 47.9. The lowest BCUT2D eigenvalue weighted by Crippen LogP contribution is -2.56. The molecule has 4 aromatic rings. The standard InChI is InChI=1S/C45H51ClFN9O11S2/c1-64-43(59)34-22-65-19-18-56(34)69(62,63)53-42(58)33-21-67-45(49-33)51-40-28-6-2-4-26(28)37(46)30-12-10-25(36(30)40)24-11-13-31-35(24)38(47)27-5-3-7-29(27)39(31)50-44-48-32(20-66-44)41(57)52-68(60,61)55-16-14-54(15-17-55)23-8-9-23/h20-21,23-25,34H,2-19,22H2,1H3,(H,48,50)(H,49,51)(H,52,57)(H,53,58). The smallest absolute Gasteiger partial charge is 0.326 e. The summed E-state index contributed by atoms with van der Waals surface area (Å²) in [6, 6.07) is -0.850. The number of hydrogen-bond acceptors (Lipinski definition) is 16. The molecule has 4 N–H and O–H groups in total. The molecular weight excluding hydrogens is 961 g/mol. The van der Waals surface area contributed by atoms with Crippen LogP contribution < -0.4 is 20.1 Å². The number of amides is 2. The Morgan fingerprint density at radius 2 is 1.29 bits per heavy atom. The second-order valence-corrected chi connectivity index (χ2v) is 22.3. The Kier molecular flexibility index (Phi) is 12.0. The number of nitrogens with zero attached hydrogens (tertiary/aromatic N) is 5. The highest BCUT2D eigenvalue weighted by Crippen LogP contribution is 2.58. The number of fused-ring (bicyclic) bond motifs is 4. The Balaban J connectivity index is 0.850. The van der Waals surface area contributed by atoms with Crippen LogP contribution in [0.4, 0.5) is 27.8 Å². The quantitative estimate of drug-likeness (QED) is 0.137. The number of morpholine rings is 1. The number of oxazole rings is 2. The number of halogens is 2. The Hall–Kier alpha value is -5.17. The fourth-order valence-corrected chi connectivity index (χ4v) is 14.3. The highest BCUT2D eigenvalue weighted by molar-refractivity contribution is 7.88. The number of ether oxygens (including phenoxy) is 2. The Bertz CT molecular complexity index is 3010. The van der Waals surface area contributed by atoms with Gasteiger partial charge in [0.15, 0.2) is 11.4 Å². The third-order valence-corrected chi connectivity index (χ3v) is 18.3. The van der Waals surface area contributed by atoms with Crippen molar-refractivity contribution in [3.8, 4) is 0 Å². The van der Waals surface area contributed by atoms with Gasteiger partial charge in [-0.1, -0.05) is 11.6 Å². The van der Waals surface area contributed by atoms with Crippen LogP contribution in [0.5, 0.6) is 0 Å².